The highest BCUT2D eigenvalue weighted by Gasteiger charge is 2.40. The van der Waals surface area contributed by atoms with Crippen LogP contribution in [-0.2, 0) is 19.1 Å². The molecule has 0 spiro atoms. The number of anilines is 2. The molecule has 2 aromatic carbocycles. The molecule has 1 aliphatic heterocycles. The van der Waals surface area contributed by atoms with E-state index in [0.717, 1.165) is 16.7 Å². The lowest BCUT2D eigenvalue weighted by Gasteiger charge is -2.15. The maximum atomic E-state index is 12.9. The average Bonchev–Trinajstić information content (AvgIpc) is 3.01. The highest BCUT2D eigenvalue weighted by molar-refractivity contribution is 8.01. The topological polar surface area (TPSA) is 92.8 Å². The van der Waals surface area contributed by atoms with Gasteiger partial charge in [0.2, 0.25) is 17.7 Å². The number of hydrogen-bond donors (Lipinski definition) is 1. The largest absolute Gasteiger partial charge is 0.462 e. The molecule has 1 saturated heterocycles. The van der Waals surface area contributed by atoms with Crippen molar-refractivity contribution in [2.24, 2.45) is 0 Å². The van der Waals surface area contributed by atoms with Gasteiger partial charge in [0.15, 0.2) is 0 Å². The lowest BCUT2D eigenvalue weighted by molar-refractivity contribution is -0.121. The van der Waals surface area contributed by atoms with Crippen LogP contribution in [0.2, 0.25) is 0 Å². The number of nitrogens with zero attached hydrogens (tertiary/aromatic N) is 1. The molecule has 30 heavy (non-hydrogen) atoms. The number of imide groups is 1. The second-order valence-electron chi connectivity index (χ2n) is 6.39. The quantitative estimate of drug-likeness (QED) is 0.536. The van der Waals surface area contributed by atoms with Gasteiger partial charge in [-0.05, 0) is 55.5 Å². The summed E-state index contributed by atoms with van der Waals surface area (Å²) < 4.78 is 17.8. The molecule has 0 bridgehead atoms. The molecule has 9 heteroatoms. The highest BCUT2D eigenvalue weighted by Crippen LogP contribution is 2.30. The van der Waals surface area contributed by atoms with Crippen LogP contribution in [-0.4, -0.2) is 41.3 Å². The number of halogens is 1. The maximum Gasteiger partial charge on any atom is 0.338 e. The van der Waals surface area contributed by atoms with Gasteiger partial charge in [0.25, 0.3) is 0 Å². The third-order valence-electron chi connectivity index (χ3n) is 4.29. The van der Waals surface area contributed by atoms with Gasteiger partial charge in [-0.2, -0.15) is 0 Å². The van der Waals surface area contributed by atoms with E-state index in [2.05, 4.69) is 5.32 Å². The van der Waals surface area contributed by atoms with Crippen LogP contribution >= 0.6 is 11.8 Å². The lowest BCUT2D eigenvalue weighted by atomic mass is 10.2. The van der Waals surface area contributed by atoms with Gasteiger partial charge in [0, 0.05) is 12.1 Å². The molecule has 1 aliphatic rings. The van der Waals surface area contributed by atoms with Crippen molar-refractivity contribution in [3.8, 4) is 0 Å². The third kappa shape index (κ3) is 5.04. The van der Waals surface area contributed by atoms with Crippen LogP contribution in [0.3, 0.4) is 0 Å². The van der Waals surface area contributed by atoms with Crippen LogP contribution in [0.5, 0.6) is 0 Å². The number of benzene rings is 2. The first-order valence-electron chi connectivity index (χ1n) is 9.20. The zero-order chi connectivity index (χ0) is 21.7. The van der Waals surface area contributed by atoms with Gasteiger partial charge in [0.1, 0.15) is 5.82 Å². The number of nitrogens with one attached hydrogen (secondary N) is 1. The number of hydrogen-bond acceptors (Lipinski definition) is 6. The number of carbonyl (C=O) groups is 4. The second kappa shape index (κ2) is 9.53. The summed E-state index contributed by atoms with van der Waals surface area (Å²) in [7, 11) is 0. The molecule has 1 atom stereocenters. The van der Waals surface area contributed by atoms with E-state index in [9.17, 15) is 23.6 Å². The van der Waals surface area contributed by atoms with Crippen molar-refractivity contribution in [3.05, 3.63) is 59.9 Å². The lowest BCUT2D eigenvalue weighted by Crippen LogP contribution is -2.31. The molecule has 7 nitrogen and oxygen atoms in total. The standard InChI is InChI=1S/C21H19FN2O5S/c1-2-29-21(28)13-3-9-16(10-4-13)24-19(26)11-17(20(24)27)30-12-18(25)23-15-7-5-14(22)6-8-15/h3-10,17H,2,11-12H2,1H3,(H,23,25). The molecule has 156 valence electrons. The predicted molar refractivity (Wildman–Crippen MR) is 111 cm³/mol. The van der Waals surface area contributed by atoms with E-state index in [0.29, 0.717) is 16.9 Å². The summed E-state index contributed by atoms with van der Waals surface area (Å²) in [5.41, 5.74) is 1.12. The van der Waals surface area contributed by atoms with Gasteiger partial charge in [-0.15, -0.1) is 11.8 Å². The molecular weight excluding hydrogens is 411 g/mol. The Labute approximate surface area is 176 Å². The summed E-state index contributed by atoms with van der Waals surface area (Å²) in [5, 5.41) is 1.93. The Morgan fingerprint density at radius 3 is 2.43 bits per heavy atom. The Kier molecular flexibility index (Phi) is 6.83. The van der Waals surface area contributed by atoms with Crippen molar-refractivity contribution < 1.29 is 28.3 Å². The van der Waals surface area contributed by atoms with E-state index in [1.807, 2.05) is 0 Å². The maximum absolute atomic E-state index is 12.9. The van der Waals surface area contributed by atoms with Crippen LogP contribution < -0.4 is 10.2 Å². The molecule has 1 fully saturated rings. The van der Waals surface area contributed by atoms with Crippen molar-refractivity contribution in [2.45, 2.75) is 18.6 Å². The van der Waals surface area contributed by atoms with Gasteiger partial charge in [-0.1, -0.05) is 0 Å². The molecule has 0 aromatic heterocycles. The van der Waals surface area contributed by atoms with Gasteiger partial charge < -0.3 is 10.1 Å². The number of esters is 1. The van der Waals surface area contributed by atoms with Gasteiger partial charge >= 0.3 is 5.97 Å². The molecule has 1 heterocycles. The summed E-state index contributed by atoms with van der Waals surface area (Å²) in [6.45, 7) is 1.95. The summed E-state index contributed by atoms with van der Waals surface area (Å²) in [4.78, 5) is 49.9. The van der Waals surface area contributed by atoms with Crippen molar-refractivity contribution in [1.82, 2.24) is 0 Å². The average molecular weight is 430 g/mol. The van der Waals surface area contributed by atoms with Gasteiger partial charge in [-0.25, -0.2) is 14.1 Å². The Bertz CT molecular complexity index is 962. The molecule has 0 aliphatic carbocycles. The minimum atomic E-state index is -0.679. The third-order valence-corrected chi connectivity index (χ3v) is 5.48. The van der Waals surface area contributed by atoms with Crippen LogP contribution in [0.4, 0.5) is 15.8 Å². The Morgan fingerprint density at radius 1 is 1.13 bits per heavy atom. The fourth-order valence-corrected chi connectivity index (χ4v) is 3.81. The normalized spacial score (nSPS) is 15.9. The van der Waals surface area contributed by atoms with Crippen molar-refractivity contribution in [2.75, 3.05) is 22.6 Å². The number of ether oxygens (including phenoxy) is 1. The Hall–Kier alpha value is -3.20. The first-order chi connectivity index (χ1) is 14.4. The first kappa shape index (κ1) is 21.5. The fraction of sp³-hybridized carbons (Fsp3) is 0.238. The van der Waals surface area contributed by atoms with Crippen LogP contribution in [0.15, 0.2) is 48.5 Å². The molecule has 3 rings (SSSR count). The van der Waals surface area contributed by atoms with E-state index >= 15 is 0 Å². The zero-order valence-electron chi connectivity index (χ0n) is 16.1. The van der Waals surface area contributed by atoms with Crippen molar-refractivity contribution in [1.29, 1.82) is 0 Å². The van der Waals surface area contributed by atoms with E-state index in [4.69, 9.17) is 4.74 Å². The predicted octanol–water partition coefficient (Wildman–Crippen LogP) is 3.01. The van der Waals surface area contributed by atoms with E-state index in [1.165, 1.54) is 48.5 Å². The molecule has 2 aromatic rings. The molecule has 3 amide bonds. The highest BCUT2D eigenvalue weighted by atomic mass is 32.2. The van der Waals surface area contributed by atoms with Crippen LogP contribution in [0.25, 0.3) is 0 Å². The van der Waals surface area contributed by atoms with Crippen LogP contribution in [0.1, 0.15) is 23.7 Å². The zero-order valence-corrected chi connectivity index (χ0v) is 16.9. The number of rotatable bonds is 7. The molecule has 1 N–H and O–H groups in total. The molecule has 0 radical (unpaired) electrons. The SMILES string of the molecule is CCOC(=O)c1ccc(N2C(=O)CC(SCC(=O)Nc3ccc(F)cc3)C2=O)cc1. The molecule has 1 unspecified atom stereocenters. The minimum Gasteiger partial charge on any atom is -0.462 e. The summed E-state index contributed by atoms with van der Waals surface area (Å²) in [6, 6.07) is 11.3. The van der Waals surface area contributed by atoms with E-state index < -0.39 is 22.9 Å². The first-order valence-corrected chi connectivity index (χ1v) is 10.2. The number of thioether (sulfide) groups is 1. The second-order valence-corrected chi connectivity index (χ2v) is 7.58. The number of amides is 3. The van der Waals surface area contributed by atoms with E-state index in [1.54, 1.807) is 6.92 Å². The Balaban J connectivity index is 1.58. The fourth-order valence-electron chi connectivity index (χ4n) is 2.87. The summed E-state index contributed by atoms with van der Waals surface area (Å²) in [6.07, 6.45) is -0.0209. The summed E-state index contributed by atoms with van der Waals surface area (Å²) >= 11 is 1.07. The van der Waals surface area contributed by atoms with Crippen molar-refractivity contribution >= 4 is 46.8 Å². The summed E-state index contributed by atoms with van der Waals surface area (Å²) in [5.74, 6) is -2.07. The number of carbonyl (C=O) groups excluding carboxylic acids is 4. The smallest absolute Gasteiger partial charge is 0.338 e. The van der Waals surface area contributed by atoms with Crippen LogP contribution in [0, 0.1) is 5.82 Å². The Morgan fingerprint density at radius 2 is 1.80 bits per heavy atom. The van der Waals surface area contributed by atoms with Gasteiger partial charge in [-0.3, -0.25) is 14.4 Å². The minimum absolute atomic E-state index is 0.0209. The monoisotopic (exact) mass is 430 g/mol. The molecule has 0 saturated carbocycles. The van der Waals surface area contributed by atoms with E-state index in [-0.39, 0.29) is 30.6 Å². The van der Waals surface area contributed by atoms with Crippen molar-refractivity contribution in [3.63, 3.8) is 0 Å². The van der Waals surface area contributed by atoms with Gasteiger partial charge in [0.05, 0.1) is 28.9 Å². The molecular formula is C21H19FN2O5S.